The molecule has 2 N–H and O–H groups in total. The average molecular weight is 245 g/mol. The van der Waals surface area contributed by atoms with Crippen LogP contribution in [0.4, 0.5) is 0 Å². The molecule has 1 aromatic rings. The highest BCUT2D eigenvalue weighted by atomic mass is 35.5. The van der Waals surface area contributed by atoms with E-state index in [1.54, 1.807) is 18.2 Å². The van der Waals surface area contributed by atoms with Crippen molar-refractivity contribution in [2.45, 2.75) is 19.6 Å². The third kappa shape index (κ3) is 3.53. The zero-order valence-corrected chi connectivity index (χ0v) is 10.7. The highest BCUT2D eigenvalue weighted by Gasteiger charge is 2.22. The van der Waals surface area contributed by atoms with Crippen LogP contribution in [-0.2, 0) is 0 Å². The van der Waals surface area contributed by atoms with Crippen LogP contribution in [0, 0.1) is 0 Å². The summed E-state index contributed by atoms with van der Waals surface area (Å²) >= 11 is 5.99. The molecule has 0 bridgehead atoms. The fourth-order valence-corrected chi connectivity index (χ4v) is 2.29. The van der Waals surface area contributed by atoms with Crippen molar-refractivity contribution < 1.29 is 14.5 Å². The molecule has 82 valence electrons. The number of benzene rings is 1. The Morgan fingerprint density at radius 3 is 2.33 bits per heavy atom. The van der Waals surface area contributed by atoms with Crippen molar-refractivity contribution in [3.63, 3.8) is 0 Å². The van der Waals surface area contributed by atoms with Gasteiger partial charge < -0.3 is 14.5 Å². The second-order valence-electron chi connectivity index (χ2n) is 4.25. The fraction of sp³-hybridized carbons (Fsp3) is 0.333. The van der Waals surface area contributed by atoms with Crippen molar-refractivity contribution >= 4 is 32.5 Å². The molecule has 0 heterocycles. The molecule has 0 fully saturated rings. The van der Waals surface area contributed by atoms with E-state index in [9.17, 15) is 0 Å². The van der Waals surface area contributed by atoms with Crippen LogP contribution in [0.1, 0.15) is 0 Å². The van der Waals surface area contributed by atoms with Crippen molar-refractivity contribution in [1.82, 2.24) is 0 Å². The SMILES string of the molecule is C[Si](C)(C)Oc1cccc(B(O)O)c1Cl. The lowest BCUT2D eigenvalue weighted by Gasteiger charge is -2.21. The van der Waals surface area contributed by atoms with Crippen molar-refractivity contribution in [1.29, 1.82) is 0 Å². The molecule has 0 saturated carbocycles. The first-order valence-electron chi connectivity index (χ1n) is 4.65. The molecule has 3 nitrogen and oxygen atoms in total. The summed E-state index contributed by atoms with van der Waals surface area (Å²) in [6.07, 6.45) is 0. The predicted molar refractivity (Wildman–Crippen MR) is 65.3 cm³/mol. The van der Waals surface area contributed by atoms with Crippen LogP contribution < -0.4 is 9.89 Å². The molecule has 6 heteroatoms. The van der Waals surface area contributed by atoms with Crippen LogP contribution in [0.25, 0.3) is 0 Å². The van der Waals surface area contributed by atoms with E-state index in [2.05, 4.69) is 0 Å². The topological polar surface area (TPSA) is 49.7 Å². The zero-order valence-electron chi connectivity index (χ0n) is 8.99. The monoisotopic (exact) mass is 244 g/mol. The third-order valence-corrected chi connectivity index (χ3v) is 2.92. The number of hydrogen-bond acceptors (Lipinski definition) is 3. The Morgan fingerprint density at radius 2 is 1.87 bits per heavy atom. The number of hydrogen-bond donors (Lipinski definition) is 2. The average Bonchev–Trinajstić information content (AvgIpc) is 2.05. The minimum Gasteiger partial charge on any atom is -0.543 e. The van der Waals surface area contributed by atoms with Crippen LogP contribution in [0.3, 0.4) is 0 Å². The van der Waals surface area contributed by atoms with E-state index >= 15 is 0 Å². The molecule has 0 saturated heterocycles. The minimum absolute atomic E-state index is 0.271. The maximum atomic E-state index is 9.05. The van der Waals surface area contributed by atoms with Gasteiger partial charge in [0.2, 0.25) is 8.32 Å². The Labute approximate surface area is 95.9 Å². The van der Waals surface area contributed by atoms with E-state index < -0.39 is 15.4 Å². The summed E-state index contributed by atoms with van der Waals surface area (Å²) in [4.78, 5) is 0. The van der Waals surface area contributed by atoms with Gasteiger partial charge in [-0.25, -0.2) is 0 Å². The molecule has 0 spiro atoms. The van der Waals surface area contributed by atoms with Crippen molar-refractivity contribution in [3.8, 4) is 5.75 Å². The highest BCUT2D eigenvalue weighted by Crippen LogP contribution is 2.24. The Hall–Kier alpha value is -0.488. The molecule has 0 aliphatic heterocycles. The molecule has 1 rings (SSSR count). The molecular weight excluding hydrogens is 230 g/mol. The van der Waals surface area contributed by atoms with Gasteiger partial charge in [-0.3, -0.25) is 0 Å². The maximum Gasteiger partial charge on any atom is 0.490 e. The van der Waals surface area contributed by atoms with Gasteiger partial charge in [0.05, 0.1) is 5.02 Å². The first-order valence-corrected chi connectivity index (χ1v) is 8.43. The smallest absolute Gasteiger partial charge is 0.490 e. The molecule has 0 aliphatic rings. The van der Waals surface area contributed by atoms with E-state index in [1.165, 1.54) is 0 Å². The standard InChI is InChI=1S/C9H14BClO3Si/c1-15(2,3)14-8-6-4-5-7(9(8)11)10(12)13/h4-6,12-13H,1-3H3. The summed E-state index contributed by atoms with van der Waals surface area (Å²) in [5.41, 5.74) is 0.271. The third-order valence-electron chi connectivity index (χ3n) is 1.69. The summed E-state index contributed by atoms with van der Waals surface area (Å²) in [6.45, 7) is 6.10. The number of rotatable bonds is 3. The van der Waals surface area contributed by atoms with E-state index in [4.69, 9.17) is 26.1 Å². The normalized spacial score (nSPS) is 11.3. The van der Waals surface area contributed by atoms with Gasteiger partial charge in [0.25, 0.3) is 0 Å². The highest BCUT2D eigenvalue weighted by molar-refractivity contribution is 6.70. The molecule has 0 unspecified atom stereocenters. The first-order chi connectivity index (χ1) is 6.81. The molecule has 0 atom stereocenters. The van der Waals surface area contributed by atoms with Gasteiger partial charge in [-0.2, -0.15) is 0 Å². The van der Waals surface area contributed by atoms with Gasteiger partial charge in [0, 0.05) is 5.46 Å². The largest absolute Gasteiger partial charge is 0.543 e. The van der Waals surface area contributed by atoms with Crippen LogP contribution in [0.15, 0.2) is 18.2 Å². The van der Waals surface area contributed by atoms with E-state index in [0.717, 1.165) is 0 Å². The Balaban J connectivity index is 3.05. The lowest BCUT2D eigenvalue weighted by molar-refractivity contribution is 0.425. The van der Waals surface area contributed by atoms with Gasteiger partial charge in [-0.05, 0) is 25.7 Å². The molecule has 15 heavy (non-hydrogen) atoms. The minimum atomic E-state index is -1.73. The van der Waals surface area contributed by atoms with Crippen LogP contribution >= 0.6 is 11.6 Å². The first kappa shape index (κ1) is 12.6. The molecule has 0 amide bonds. The number of halogens is 1. The predicted octanol–water partition coefficient (Wildman–Crippen LogP) is 1.23. The summed E-state index contributed by atoms with van der Waals surface area (Å²) < 4.78 is 5.71. The Kier molecular flexibility index (Phi) is 3.83. The quantitative estimate of drug-likeness (QED) is 0.787. The van der Waals surface area contributed by atoms with Gasteiger partial charge >= 0.3 is 7.12 Å². The van der Waals surface area contributed by atoms with Crippen LogP contribution in [0.2, 0.25) is 24.7 Å². The van der Waals surface area contributed by atoms with Gasteiger partial charge in [0.15, 0.2) is 0 Å². The lowest BCUT2D eigenvalue weighted by Crippen LogP contribution is -2.33. The lowest BCUT2D eigenvalue weighted by atomic mass is 9.80. The summed E-state index contributed by atoms with van der Waals surface area (Å²) in [5, 5.41) is 18.4. The second kappa shape index (κ2) is 4.57. The van der Waals surface area contributed by atoms with E-state index in [1.807, 2.05) is 19.6 Å². The van der Waals surface area contributed by atoms with Crippen molar-refractivity contribution in [3.05, 3.63) is 23.2 Å². The van der Waals surface area contributed by atoms with E-state index in [-0.39, 0.29) is 10.5 Å². The molecular formula is C9H14BClO3Si. The van der Waals surface area contributed by atoms with Gasteiger partial charge in [0.1, 0.15) is 5.75 Å². The summed E-state index contributed by atoms with van der Waals surface area (Å²) in [7, 11) is -3.30. The van der Waals surface area contributed by atoms with Crippen LogP contribution in [-0.4, -0.2) is 25.5 Å². The Bertz CT molecular complexity index is 352. The molecule has 0 radical (unpaired) electrons. The Morgan fingerprint density at radius 1 is 1.27 bits per heavy atom. The maximum absolute atomic E-state index is 9.05. The van der Waals surface area contributed by atoms with Gasteiger partial charge in [-0.1, -0.05) is 23.7 Å². The molecule has 0 aliphatic carbocycles. The zero-order chi connectivity index (χ0) is 11.6. The fourth-order valence-electron chi connectivity index (χ4n) is 1.14. The summed E-state index contributed by atoms with van der Waals surface area (Å²) in [6, 6.07) is 4.98. The second-order valence-corrected chi connectivity index (χ2v) is 9.05. The van der Waals surface area contributed by atoms with Crippen LogP contribution in [0.5, 0.6) is 5.75 Å². The van der Waals surface area contributed by atoms with E-state index in [0.29, 0.717) is 5.75 Å². The molecule has 1 aromatic carbocycles. The molecule has 0 aromatic heterocycles. The van der Waals surface area contributed by atoms with Gasteiger partial charge in [-0.15, -0.1) is 0 Å². The summed E-state index contributed by atoms with van der Waals surface area (Å²) in [5.74, 6) is 0.515. The van der Waals surface area contributed by atoms with Crippen molar-refractivity contribution in [2.24, 2.45) is 0 Å². The van der Waals surface area contributed by atoms with Crippen molar-refractivity contribution in [2.75, 3.05) is 0 Å².